The van der Waals surface area contributed by atoms with Crippen molar-refractivity contribution in [2.75, 3.05) is 12.5 Å². The van der Waals surface area contributed by atoms with Gasteiger partial charge in [-0.25, -0.2) is 0 Å². The van der Waals surface area contributed by atoms with Crippen LogP contribution in [0.1, 0.15) is 24.5 Å². The molecule has 1 heterocycles. The lowest BCUT2D eigenvalue weighted by Gasteiger charge is -2.15. The molecule has 1 N–H and O–H groups in total. The summed E-state index contributed by atoms with van der Waals surface area (Å²) in [5.41, 5.74) is 2.52. The Morgan fingerprint density at radius 1 is 1.53 bits per heavy atom. The molecule has 0 spiro atoms. The number of hydrogen-bond donors (Lipinski definition) is 1. The van der Waals surface area contributed by atoms with Crippen LogP contribution in [0.15, 0.2) is 16.6 Å². The van der Waals surface area contributed by atoms with Gasteiger partial charge in [0, 0.05) is 34.9 Å². The summed E-state index contributed by atoms with van der Waals surface area (Å²) in [6.45, 7) is 3.75. The fourth-order valence-corrected chi connectivity index (χ4v) is 2.92. The van der Waals surface area contributed by atoms with Gasteiger partial charge in [-0.3, -0.25) is 0 Å². The van der Waals surface area contributed by atoms with Crippen molar-refractivity contribution in [1.82, 2.24) is 5.32 Å². The third-order valence-electron chi connectivity index (χ3n) is 3.09. The molecule has 1 aromatic rings. The van der Waals surface area contributed by atoms with Crippen molar-refractivity contribution in [3.8, 4) is 5.75 Å². The summed E-state index contributed by atoms with van der Waals surface area (Å²) in [7, 11) is 0. The van der Waals surface area contributed by atoms with Gasteiger partial charge in [-0.05, 0) is 24.1 Å². The Hall–Kier alpha value is -0.250. The highest BCUT2D eigenvalue weighted by atomic mass is 79.9. The summed E-state index contributed by atoms with van der Waals surface area (Å²) in [6, 6.07) is 4.63. The predicted molar refractivity (Wildman–Crippen MR) is 75.0 cm³/mol. The van der Waals surface area contributed by atoms with Gasteiger partial charge in [0.1, 0.15) is 5.75 Å². The molecule has 0 saturated heterocycles. The average molecular weight is 319 g/mol. The lowest BCUT2D eigenvalue weighted by atomic mass is 10.1. The van der Waals surface area contributed by atoms with E-state index in [1.54, 1.807) is 0 Å². The molecule has 1 aliphatic rings. The Morgan fingerprint density at radius 3 is 3.06 bits per heavy atom. The van der Waals surface area contributed by atoms with E-state index in [-0.39, 0.29) is 0 Å². The zero-order valence-corrected chi connectivity index (χ0v) is 12.3. The summed E-state index contributed by atoms with van der Waals surface area (Å²) in [4.78, 5) is 0. The molecule has 2 rings (SSSR count). The maximum Gasteiger partial charge on any atom is 0.127 e. The minimum absolute atomic E-state index is 0.368. The van der Waals surface area contributed by atoms with Gasteiger partial charge in [0.2, 0.25) is 0 Å². The molecular weight excluding hydrogens is 302 g/mol. The van der Waals surface area contributed by atoms with E-state index in [9.17, 15) is 0 Å². The van der Waals surface area contributed by atoms with E-state index in [0.29, 0.717) is 11.9 Å². The number of fused-ring (bicyclic) bond motifs is 1. The van der Waals surface area contributed by atoms with Crippen molar-refractivity contribution < 1.29 is 4.74 Å². The van der Waals surface area contributed by atoms with Gasteiger partial charge in [-0.15, -0.1) is 11.6 Å². The number of alkyl halides is 1. The van der Waals surface area contributed by atoms with Gasteiger partial charge in [0.15, 0.2) is 0 Å². The van der Waals surface area contributed by atoms with E-state index in [4.69, 9.17) is 16.3 Å². The van der Waals surface area contributed by atoms with Gasteiger partial charge in [0.25, 0.3) is 0 Å². The Morgan fingerprint density at radius 2 is 2.35 bits per heavy atom. The van der Waals surface area contributed by atoms with Crippen LogP contribution < -0.4 is 10.1 Å². The minimum atomic E-state index is 0.368. The van der Waals surface area contributed by atoms with E-state index in [0.717, 1.165) is 36.2 Å². The Kier molecular flexibility index (Phi) is 4.71. The summed E-state index contributed by atoms with van der Waals surface area (Å²) >= 11 is 9.43. The molecule has 4 heteroatoms. The second-order valence-electron chi connectivity index (χ2n) is 4.29. The van der Waals surface area contributed by atoms with Crippen molar-refractivity contribution >= 4 is 27.5 Å². The topological polar surface area (TPSA) is 21.3 Å². The number of benzene rings is 1. The maximum atomic E-state index is 5.88. The van der Waals surface area contributed by atoms with Crippen LogP contribution in [0.25, 0.3) is 0 Å². The van der Waals surface area contributed by atoms with Crippen molar-refractivity contribution in [3.63, 3.8) is 0 Å². The largest absolute Gasteiger partial charge is 0.493 e. The second kappa shape index (κ2) is 6.07. The van der Waals surface area contributed by atoms with E-state index < -0.39 is 0 Å². The van der Waals surface area contributed by atoms with Crippen LogP contribution >= 0.6 is 27.5 Å². The SMILES string of the molecule is CCC(CCl)NCc1cc(Br)cc2c1OCC2. The average Bonchev–Trinajstić information content (AvgIpc) is 2.78. The fourth-order valence-electron chi connectivity index (χ4n) is 2.04. The maximum absolute atomic E-state index is 5.88. The molecule has 17 heavy (non-hydrogen) atoms. The molecule has 1 unspecified atom stereocenters. The van der Waals surface area contributed by atoms with Crippen molar-refractivity contribution in [2.24, 2.45) is 0 Å². The first-order valence-corrected chi connectivity index (χ1v) is 7.30. The van der Waals surface area contributed by atoms with E-state index >= 15 is 0 Å². The lowest BCUT2D eigenvalue weighted by molar-refractivity contribution is 0.351. The van der Waals surface area contributed by atoms with Crippen LogP contribution in [-0.2, 0) is 13.0 Å². The molecule has 0 amide bonds. The molecule has 94 valence electrons. The van der Waals surface area contributed by atoms with Gasteiger partial charge < -0.3 is 10.1 Å². The summed E-state index contributed by atoms with van der Waals surface area (Å²) < 4.78 is 6.81. The summed E-state index contributed by atoms with van der Waals surface area (Å²) in [5, 5.41) is 3.46. The Labute approximate surface area is 116 Å². The first kappa shape index (κ1) is 13.2. The van der Waals surface area contributed by atoms with E-state index in [1.807, 2.05) is 0 Å². The summed E-state index contributed by atoms with van der Waals surface area (Å²) in [6.07, 6.45) is 2.05. The molecule has 1 atom stereocenters. The van der Waals surface area contributed by atoms with Crippen LogP contribution in [0, 0.1) is 0 Å². The quantitative estimate of drug-likeness (QED) is 0.839. The fraction of sp³-hybridized carbons (Fsp3) is 0.538. The van der Waals surface area contributed by atoms with Crippen molar-refractivity contribution in [3.05, 3.63) is 27.7 Å². The van der Waals surface area contributed by atoms with Crippen molar-refractivity contribution in [1.29, 1.82) is 0 Å². The Bertz CT molecular complexity index is 393. The normalized spacial score (nSPS) is 15.5. The smallest absolute Gasteiger partial charge is 0.127 e. The van der Waals surface area contributed by atoms with Crippen LogP contribution in [0.4, 0.5) is 0 Å². The van der Waals surface area contributed by atoms with Crippen LogP contribution in [-0.4, -0.2) is 18.5 Å². The van der Waals surface area contributed by atoms with Gasteiger partial charge in [-0.2, -0.15) is 0 Å². The predicted octanol–water partition coefficient (Wildman–Crippen LogP) is 3.49. The zero-order valence-electron chi connectivity index (χ0n) is 9.93. The number of halogens is 2. The highest BCUT2D eigenvalue weighted by molar-refractivity contribution is 9.10. The van der Waals surface area contributed by atoms with E-state index in [1.165, 1.54) is 11.1 Å². The molecule has 0 bridgehead atoms. The molecule has 2 nitrogen and oxygen atoms in total. The van der Waals surface area contributed by atoms with Crippen molar-refractivity contribution in [2.45, 2.75) is 32.4 Å². The van der Waals surface area contributed by atoms with Crippen LogP contribution in [0.3, 0.4) is 0 Å². The Balaban J connectivity index is 2.10. The molecule has 0 radical (unpaired) electrons. The highest BCUT2D eigenvalue weighted by Gasteiger charge is 2.17. The van der Waals surface area contributed by atoms with Gasteiger partial charge in [-0.1, -0.05) is 22.9 Å². The first-order chi connectivity index (χ1) is 8.24. The minimum Gasteiger partial charge on any atom is -0.493 e. The van der Waals surface area contributed by atoms with E-state index in [2.05, 4.69) is 40.3 Å². The molecule has 1 aromatic carbocycles. The third-order valence-corrected chi connectivity index (χ3v) is 3.92. The zero-order chi connectivity index (χ0) is 12.3. The summed E-state index contributed by atoms with van der Waals surface area (Å²) in [5.74, 6) is 1.71. The molecular formula is C13H17BrClNO. The molecule has 0 aliphatic carbocycles. The first-order valence-electron chi connectivity index (χ1n) is 5.98. The van der Waals surface area contributed by atoms with Gasteiger partial charge >= 0.3 is 0 Å². The number of hydrogen-bond acceptors (Lipinski definition) is 2. The third kappa shape index (κ3) is 3.15. The monoisotopic (exact) mass is 317 g/mol. The number of nitrogens with one attached hydrogen (secondary N) is 1. The molecule has 1 aliphatic heterocycles. The second-order valence-corrected chi connectivity index (χ2v) is 5.52. The standard InChI is InChI=1S/C13H17BrClNO/c1-2-12(7-15)16-8-10-6-11(14)5-9-3-4-17-13(9)10/h5-6,12,16H,2-4,7-8H2,1H3. The van der Waals surface area contributed by atoms with Crippen LogP contribution in [0.2, 0.25) is 0 Å². The molecule has 0 aromatic heterocycles. The molecule has 0 fully saturated rings. The van der Waals surface area contributed by atoms with Gasteiger partial charge in [0.05, 0.1) is 6.61 Å². The number of rotatable bonds is 5. The van der Waals surface area contributed by atoms with Crippen LogP contribution in [0.5, 0.6) is 5.75 Å². The molecule has 0 saturated carbocycles. The number of ether oxygens (including phenoxy) is 1. The highest BCUT2D eigenvalue weighted by Crippen LogP contribution is 2.32. The lowest BCUT2D eigenvalue weighted by Crippen LogP contribution is -2.29.